The number of allylic oxidation sites excluding steroid dienone is 1. The van der Waals surface area contributed by atoms with Crippen LogP contribution in [0.3, 0.4) is 0 Å². The summed E-state index contributed by atoms with van der Waals surface area (Å²) in [6.45, 7) is 4.95. The molecule has 3 heterocycles. The van der Waals surface area contributed by atoms with Crippen molar-refractivity contribution in [1.82, 2.24) is 24.9 Å². The van der Waals surface area contributed by atoms with Crippen LogP contribution in [0.15, 0.2) is 47.9 Å². The van der Waals surface area contributed by atoms with Gasteiger partial charge in [-0.25, -0.2) is 4.52 Å². The van der Waals surface area contributed by atoms with Crippen LogP contribution in [0, 0.1) is 12.3 Å². The third kappa shape index (κ3) is 3.60. The van der Waals surface area contributed by atoms with Gasteiger partial charge < -0.3 is 16.0 Å². The summed E-state index contributed by atoms with van der Waals surface area (Å²) >= 11 is 0. The third-order valence-electron chi connectivity index (χ3n) is 5.08. The van der Waals surface area contributed by atoms with Gasteiger partial charge in [-0.1, -0.05) is 6.07 Å². The molecule has 0 amide bonds. The van der Waals surface area contributed by atoms with E-state index in [4.69, 9.17) is 10.4 Å². The summed E-state index contributed by atoms with van der Waals surface area (Å²) in [5.41, 5.74) is 6.07. The van der Waals surface area contributed by atoms with E-state index in [1.807, 2.05) is 37.5 Å². The SMILES string of the molecule is CCNC1=C(C=N)CC(Nc2nc3c(-c4ccc(C)nc4)cccn3n2)CC1. The summed E-state index contributed by atoms with van der Waals surface area (Å²) < 4.78 is 1.80. The molecule has 0 spiro atoms. The highest BCUT2D eigenvalue weighted by Gasteiger charge is 2.21. The number of hydrogen-bond acceptors (Lipinski definition) is 6. The number of fused-ring (bicyclic) bond motifs is 1. The molecule has 3 N–H and O–H groups in total. The van der Waals surface area contributed by atoms with E-state index < -0.39 is 0 Å². The van der Waals surface area contributed by atoms with Crippen LogP contribution in [0.2, 0.25) is 0 Å². The molecule has 3 aromatic rings. The van der Waals surface area contributed by atoms with Gasteiger partial charge in [0.25, 0.3) is 0 Å². The number of aromatic nitrogens is 4. The van der Waals surface area contributed by atoms with Crippen molar-refractivity contribution in [3.05, 3.63) is 53.6 Å². The topological polar surface area (TPSA) is 91.0 Å². The zero-order valence-corrected chi connectivity index (χ0v) is 16.2. The maximum atomic E-state index is 7.71. The quantitative estimate of drug-likeness (QED) is 0.573. The van der Waals surface area contributed by atoms with Gasteiger partial charge in [0.2, 0.25) is 5.95 Å². The van der Waals surface area contributed by atoms with Gasteiger partial charge >= 0.3 is 0 Å². The van der Waals surface area contributed by atoms with E-state index in [1.54, 1.807) is 4.52 Å². The van der Waals surface area contributed by atoms with Crippen molar-refractivity contribution in [2.75, 3.05) is 11.9 Å². The Labute approximate surface area is 164 Å². The predicted octanol–water partition coefficient (Wildman–Crippen LogP) is 3.58. The van der Waals surface area contributed by atoms with Crippen molar-refractivity contribution in [3.8, 4) is 11.1 Å². The highest BCUT2D eigenvalue weighted by atomic mass is 15.3. The largest absolute Gasteiger partial charge is 0.388 e. The molecule has 0 radical (unpaired) electrons. The lowest BCUT2D eigenvalue weighted by atomic mass is 9.92. The van der Waals surface area contributed by atoms with E-state index in [-0.39, 0.29) is 6.04 Å². The molecular weight excluding hydrogens is 350 g/mol. The van der Waals surface area contributed by atoms with Gasteiger partial charge in [-0.2, -0.15) is 4.98 Å². The Morgan fingerprint density at radius 3 is 2.96 bits per heavy atom. The number of hydrogen-bond donors (Lipinski definition) is 3. The second kappa shape index (κ2) is 7.80. The molecule has 28 heavy (non-hydrogen) atoms. The average Bonchev–Trinajstić information content (AvgIpc) is 3.12. The first-order chi connectivity index (χ1) is 13.7. The number of nitrogens with one attached hydrogen (secondary N) is 3. The summed E-state index contributed by atoms with van der Waals surface area (Å²) in [6.07, 6.45) is 7.97. The molecule has 0 fully saturated rings. The Morgan fingerprint density at radius 2 is 2.21 bits per heavy atom. The molecule has 1 aliphatic carbocycles. The molecule has 3 aromatic heterocycles. The van der Waals surface area contributed by atoms with Gasteiger partial charge in [0.1, 0.15) is 0 Å². The molecular formula is C21H25N7. The molecule has 0 aliphatic heterocycles. The van der Waals surface area contributed by atoms with E-state index in [0.717, 1.165) is 53.8 Å². The summed E-state index contributed by atoms with van der Waals surface area (Å²) in [5, 5.41) is 19.2. The molecule has 7 nitrogen and oxygen atoms in total. The number of anilines is 1. The summed E-state index contributed by atoms with van der Waals surface area (Å²) in [6, 6.07) is 8.30. The minimum atomic E-state index is 0.223. The highest BCUT2D eigenvalue weighted by Crippen LogP contribution is 2.26. The third-order valence-corrected chi connectivity index (χ3v) is 5.08. The Hall–Kier alpha value is -3.22. The molecule has 0 aromatic carbocycles. The van der Waals surface area contributed by atoms with Gasteiger partial charge in [-0.15, -0.1) is 5.10 Å². The Morgan fingerprint density at radius 1 is 1.32 bits per heavy atom. The lowest BCUT2D eigenvalue weighted by Gasteiger charge is -2.26. The Kier molecular flexibility index (Phi) is 5.06. The van der Waals surface area contributed by atoms with Crippen molar-refractivity contribution >= 4 is 17.8 Å². The maximum Gasteiger partial charge on any atom is 0.243 e. The summed E-state index contributed by atoms with van der Waals surface area (Å²) in [5.74, 6) is 0.619. The normalized spacial score (nSPS) is 17.0. The maximum absolute atomic E-state index is 7.71. The monoisotopic (exact) mass is 375 g/mol. The lowest BCUT2D eigenvalue weighted by Crippen LogP contribution is -2.29. The first-order valence-electron chi connectivity index (χ1n) is 9.69. The molecule has 1 unspecified atom stereocenters. The van der Waals surface area contributed by atoms with Crippen molar-refractivity contribution in [1.29, 1.82) is 5.41 Å². The van der Waals surface area contributed by atoms with Crippen LogP contribution in [-0.4, -0.2) is 38.4 Å². The Balaban J connectivity index is 1.58. The van der Waals surface area contributed by atoms with Crippen molar-refractivity contribution < 1.29 is 0 Å². The zero-order valence-electron chi connectivity index (χ0n) is 16.2. The molecule has 1 atom stereocenters. The smallest absolute Gasteiger partial charge is 0.243 e. The second-order valence-electron chi connectivity index (χ2n) is 7.08. The van der Waals surface area contributed by atoms with E-state index >= 15 is 0 Å². The van der Waals surface area contributed by atoms with Crippen molar-refractivity contribution in [3.63, 3.8) is 0 Å². The van der Waals surface area contributed by atoms with Crippen molar-refractivity contribution in [2.24, 2.45) is 0 Å². The van der Waals surface area contributed by atoms with Gasteiger partial charge in [0.15, 0.2) is 5.65 Å². The minimum Gasteiger partial charge on any atom is -0.388 e. The minimum absolute atomic E-state index is 0.223. The second-order valence-corrected chi connectivity index (χ2v) is 7.08. The number of nitrogens with zero attached hydrogens (tertiary/aromatic N) is 4. The number of pyridine rings is 2. The Bertz CT molecular complexity index is 1020. The van der Waals surface area contributed by atoms with Gasteiger partial charge in [0, 0.05) is 53.7 Å². The average molecular weight is 375 g/mol. The van der Waals surface area contributed by atoms with Gasteiger partial charge in [-0.3, -0.25) is 4.98 Å². The summed E-state index contributed by atoms with van der Waals surface area (Å²) in [4.78, 5) is 9.13. The van der Waals surface area contributed by atoms with E-state index in [0.29, 0.717) is 5.95 Å². The molecule has 1 aliphatic rings. The lowest BCUT2D eigenvalue weighted by molar-refractivity contribution is 0.581. The van der Waals surface area contributed by atoms with Crippen LogP contribution in [-0.2, 0) is 0 Å². The van der Waals surface area contributed by atoms with Crippen LogP contribution in [0.4, 0.5) is 5.95 Å². The van der Waals surface area contributed by atoms with Crippen LogP contribution in [0.25, 0.3) is 16.8 Å². The fourth-order valence-electron chi connectivity index (χ4n) is 3.66. The van der Waals surface area contributed by atoms with Crippen LogP contribution >= 0.6 is 0 Å². The number of rotatable bonds is 6. The van der Waals surface area contributed by atoms with E-state index in [1.165, 1.54) is 11.9 Å². The standard InChI is InChI=1S/C21H25N7/c1-3-23-19-9-8-17(11-16(19)12-22)25-21-26-20-18(5-4-10-28(20)27-21)15-7-6-14(2)24-13-15/h4-7,10,12-13,17,22-23H,3,8-9,11H2,1-2H3,(H,25,27). The highest BCUT2D eigenvalue weighted by molar-refractivity contribution is 5.78. The molecule has 0 bridgehead atoms. The van der Waals surface area contributed by atoms with Crippen LogP contribution in [0.5, 0.6) is 0 Å². The molecule has 0 saturated heterocycles. The van der Waals surface area contributed by atoms with E-state index in [9.17, 15) is 0 Å². The number of aryl methyl sites for hydroxylation is 1. The molecule has 7 heteroatoms. The van der Waals surface area contributed by atoms with Crippen molar-refractivity contribution in [2.45, 2.75) is 39.2 Å². The van der Waals surface area contributed by atoms with Gasteiger partial charge in [-0.05, 0) is 56.9 Å². The fourth-order valence-corrected chi connectivity index (χ4v) is 3.66. The summed E-state index contributed by atoms with van der Waals surface area (Å²) in [7, 11) is 0. The fraction of sp³-hybridized carbons (Fsp3) is 0.333. The zero-order chi connectivity index (χ0) is 19.5. The molecule has 144 valence electrons. The predicted molar refractivity (Wildman–Crippen MR) is 112 cm³/mol. The molecule has 4 rings (SSSR count). The van der Waals surface area contributed by atoms with Crippen LogP contribution < -0.4 is 10.6 Å². The molecule has 0 saturated carbocycles. The van der Waals surface area contributed by atoms with Crippen LogP contribution in [0.1, 0.15) is 31.9 Å². The first kappa shape index (κ1) is 18.2. The first-order valence-corrected chi connectivity index (χ1v) is 9.69. The van der Waals surface area contributed by atoms with E-state index in [2.05, 4.69) is 33.7 Å². The van der Waals surface area contributed by atoms with Gasteiger partial charge in [0.05, 0.1) is 0 Å².